The maximum Gasteiger partial charge on any atom is 0.236 e. The van der Waals surface area contributed by atoms with Crippen LogP contribution < -0.4 is 0 Å². The Bertz CT molecular complexity index is 459. The number of hydrogen-bond donors (Lipinski definition) is 0. The largest absolute Gasteiger partial charge is 0.371 e. The third-order valence-corrected chi connectivity index (χ3v) is 3.54. The molecule has 0 spiro atoms. The smallest absolute Gasteiger partial charge is 0.236 e. The average Bonchev–Trinajstić information content (AvgIpc) is 3.20. The summed E-state index contributed by atoms with van der Waals surface area (Å²) in [7, 11) is 0. The summed E-state index contributed by atoms with van der Waals surface area (Å²) in [5.74, 6) is -0.0714. The quantitative estimate of drug-likeness (QED) is 0.757. The minimum atomic E-state index is -0.228. The Labute approximate surface area is 111 Å². The van der Waals surface area contributed by atoms with Crippen LogP contribution in [0, 0.1) is 5.82 Å². The van der Waals surface area contributed by atoms with Crippen LogP contribution in [0.1, 0.15) is 5.56 Å². The Hall–Kier alpha value is -1.46. The van der Waals surface area contributed by atoms with Gasteiger partial charge in [-0.25, -0.2) is 4.39 Å². The molecule has 2 fully saturated rings. The molecule has 0 aliphatic carbocycles. The molecule has 0 N–H and O–H groups in total. The van der Waals surface area contributed by atoms with Crippen molar-refractivity contribution >= 4 is 5.91 Å². The van der Waals surface area contributed by atoms with Crippen LogP contribution in [0.2, 0.25) is 0 Å². The summed E-state index contributed by atoms with van der Waals surface area (Å²) in [6.45, 7) is 4.24. The normalized spacial score (nSPS) is 23.7. The van der Waals surface area contributed by atoms with Gasteiger partial charge in [-0.05, 0) is 17.7 Å². The van der Waals surface area contributed by atoms with Gasteiger partial charge in [0.05, 0.1) is 19.3 Å². The zero-order chi connectivity index (χ0) is 13.2. The van der Waals surface area contributed by atoms with Gasteiger partial charge in [0, 0.05) is 26.2 Å². The topological polar surface area (TPSA) is 36.1 Å². The molecular weight excluding hydrogens is 247 g/mol. The van der Waals surface area contributed by atoms with E-state index >= 15 is 0 Å². The molecule has 0 bridgehead atoms. The summed E-state index contributed by atoms with van der Waals surface area (Å²) >= 11 is 0. The third kappa shape index (κ3) is 3.30. The van der Waals surface area contributed by atoms with E-state index in [4.69, 9.17) is 4.74 Å². The molecule has 2 aliphatic rings. The number of nitrogens with zero attached hydrogens (tertiary/aromatic N) is 2. The SMILES string of the molecule is O=C1CN(Cc2ccc(F)cc2)CCN1CC1CO1. The number of piperazine rings is 1. The van der Waals surface area contributed by atoms with E-state index in [0.717, 1.165) is 31.8 Å². The highest BCUT2D eigenvalue weighted by atomic mass is 19.1. The van der Waals surface area contributed by atoms with Crippen molar-refractivity contribution in [3.05, 3.63) is 35.6 Å². The van der Waals surface area contributed by atoms with Crippen molar-refractivity contribution in [2.24, 2.45) is 0 Å². The molecule has 19 heavy (non-hydrogen) atoms. The van der Waals surface area contributed by atoms with E-state index in [9.17, 15) is 9.18 Å². The second-order valence-corrected chi connectivity index (χ2v) is 5.13. The summed E-state index contributed by atoms with van der Waals surface area (Å²) < 4.78 is 18.0. The molecule has 2 aliphatic heterocycles. The molecule has 4 nitrogen and oxygen atoms in total. The van der Waals surface area contributed by atoms with Crippen molar-refractivity contribution < 1.29 is 13.9 Å². The van der Waals surface area contributed by atoms with E-state index in [1.807, 2.05) is 4.90 Å². The molecule has 0 radical (unpaired) electrons. The molecule has 0 saturated carbocycles. The zero-order valence-corrected chi connectivity index (χ0v) is 10.7. The second-order valence-electron chi connectivity index (χ2n) is 5.13. The maximum atomic E-state index is 12.8. The molecule has 5 heteroatoms. The highest BCUT2D eigenvalue weighted by molar-refractivity contribution is 5.79. The van der Waals surface area contributed by atoms with E-state index in [1.165, 1.54) is 12.1 Å². The lowest BCUT2D eigenvalue weighted by Crippen LogP contribution is -2.50. The minimum absolute atomic E-state index is 0.156. The molecule has 2 heterocycles. The number of rotatable bonds is 4. The molecule has 1 aromatic carbocycles. The van der Waals surface area contributed by atoms with E-state index in [-0.39, 0.29) is 17.8 Å². The summed E-state index contributed by atoms with van der Waals surface area (Å²) in [6, 6.07) is 6.45. The fraction of sp³-hybridized carbons (Fsp3) is 0.500. The van der Waals surface area contributed by atoms with Crippen LogP contribution in [0.15, 0.2) is 24.3 Å². The number of ether oxygens (including phenoxy) is 1. The van der Waals surface area contributed by atoms with Gasteiger partial charge in [-0.1, -0.05) is 12.1 Å². The van der Waals surface area contributed by atoms with Crippen molar-refractivity contribution in [3.63, 3.8) is 0 Å². The van der Waals surface area contributed by atoms with Crippen LogP contribution in [0.4, 0.5) is 4.39 Å². The molecule has 2 saturated heterocycles. The lowest BCUT2D eigenvalue weighted by Gasteiger charge is -2.34. The number of amides is 1. The standard InChI is InChI=1S/C14H17FN2O2/c15-12-3-1-11(2-4-12)7-16-5-6-17(14(18)9-16)8-13-10-19-13/h1-4,13H,5-10H2. The molecule has 1 aromatic rings. The molecule has 3 rings (SSSR count). The fourth-order valence-electron chi connectivity index (χ4n) is 2.35. The zero-order valence-electron chi connectivity index (χ0n) is 10.7. The average molecular weight is 264 g/mol. The van der Waals surface area contributed by atoms with E-state index in [2.05, 4.69) is 4.90 Å². The van der Waals surface area contributed by atoms with Gasteiger partial charge in [-0.3, -0.25) is 9.69 Å². The molecule has 1 atom stereocenters. The van der Waals surface area contributed by atoms with Crippen LogP contribution in [0.3, 0.4) is 0 Å². The Morgan fingerprint density at radius 3 is 2.63 bits per heavy atom. The van der Waals surface area contributed by atoms with Crippen molar-refractivity contribution in [1.29, 1.82) is 0 Å². The molecule has 1 amide bonds. The van der Waals surface area contributed by atoms with Crippen molar-refractivity contribution in [3.8, 4) is 0 Å². The number of benzene rings is 1. The predicted octanol–water partition coefficient (Wildman–Crippen LogP) is 0.869. The summed E-state index contributed by atoms with van der Waals surface area (Å²) in [6.07, 6.45) is 0.257. The number of carbonyl (C=O) groups excluding carboxylic acids is 1. The van der Waals surface area contributed by atoms with E-state index in [1.54, 1.807) is 12.1 Å². The van der Waals surface area contributed by atoms with Gasteiger partial charge in [-0.15, -0.1) is 0 Å². The van der Waals surface area contributed by atoms with Crippen LogP contribution in [0.25, 0.3) is 0 Å². The monoisotopic (exact) mass is 264 g/mol. The molecule has 1 unspecified atom stereocenters. The van der Waals surface area contributed by atoms with Crippen LogP contribution in [-0.4, -0.2) is 54.6 Å². The first-order chi connectivity index (χ1) is 9.20. The van der Waals surface area contributed by atoms with Crippen LogP contribution in [0.5, 0.6) is 0 Å². The molecule has 102 valence electrons. The third-order valence-electron chi connectivity index (χ3n) is 3.54. The fourth-order valence-corrected chi connectivity index (χ4v) is 2.35. The maximum absolute atomic E-state index is 12.8. The molecular formula is C14H17FN2O2. The van der Waals surface area contributed by atoms with Gasteiger partial charge in [-0.2, -0.15) is 0 Å². The first-order valence-corrected chi connectivity index (χ1v) is 6.57. The Kier molecular flexibility index (Phi) is 3.48. The predicted molar refractivity (Wildman–Crippen MR) is 68.0 cm³/mol. The van der Waals surface area contributed by atoms with Crippen molar-refractivity contribution in [2.45, 2.75) is 12.6 Å². The Morgan fingerprint density at radius 1 is 1.26 bits per heavy atom. The first-order valence-electron chi connectivity index (χ1n) is 6.57. The first kappa shape index (κ1) is 12.6. The van der Waals surface area contributed by atoms with Crippen LogP contribution in [-0.2, 0) is 16.1 Å². The lowest BCUT2D eigenvalue weighted by molar-refractivity contribution is -0.136. The van der Waals surface area contributed by atoms with Crippen molar-refractivity contribution in [2.75, 3.05) is 32.8 Å². The van der Waals surface area contributed by atoms with Gasteiger partial charge < -0.3 is 9.64 Å². The summed E-state index contributed by atoms with van der Waals surface area (Å²) in [4.78, 5) is 16.0. The number of halogens is 1. The number of epoxide rings is 1. The Balaban J connectivity index is 1.53. The van der Waals surface area contributed by atoms with E-state index < -0.39 is 0 Å². The number of hydrogen-bond acceptors (Lipinski definition) is 3. The number of carbonyl (C=O) groups is 1. The summed E-state index contributed by atoms with van der Waals surface area (Å²) in [5, 5.41) is 0. The lowest BCUT2D eigenvalue weighted by atomic mass is 10.2. The highest BCUT2D eigenvalue weighted by Crippen LogP contribution is 2.15. The van der Waals surface area contributed by atoms with Crippen LogP contribution >= 0.6 is 0 Å². The highest BCUT2D eigenvalue weighted by Gasteiger charge is 2.30. The second kappa shape index (κ2) is 5.27. The van der Waals surface area contributed by atoms with Gasteiger partial charge in [0.2, 0.25) is 5.91 Å². The van der Waals surface area contributed by atoms with Crippen molar-refractivity contribution in [1.82, 2.24) is 9.80 Å². The van der Waals surface area contributed by atoms with Gasteiger partial charge in [0.1, 0.15) is 5.82 Å². The van der Waals surface area contributed by atoms with Gasteiger partial charge in [0.15, 0.2) is 0 Å². The summed E-state index contributed by atoms with van der Waals surface area (Å²) in [5.41, 5.74) is 1.04. The van der Waals surface area contributed by atoms with Gasteiger partial charge in [0.25, 0.3) is 0 Å². The van der Waals surface area contributed by atoms with E-state index in [0.29, 0.717) is 13.1 Å². The Morgan fingerprint density at radius 2 is 2.00 bits per heavy atom. The van der Waals surface area contributed by atoms with Gasteiger partial charge >= 0.3 is 0 Å². The molecule has 0 aromatic heterocycles. The minimum Gasteiger partial charge on any atom is -0.371 e.